The third-order valence-corrected chi connectivity index (χ3v) is 9.77. The van der Waals surface area contributed by atoms with Crippen LogP contribution < -0.4 is 5.32 Å². The van der Waals surface area contributed by atoms with Crippen molar-refractivity contribution in [3.8, 4) is 0 Å². The molecule has 0 radical (unpaired) electrons. The molecule has 0 aromatic carbocycles. The Morgan fingerprint density at radius 1 is 1.09 bits per heavy atom. The molecule has 4 aliphatic carbocycles. The number of fused-ring (bicyclic) bond motifs is 5. The number of nitrogens with one attached hydrogen (secondary N) is 1. The van der Waals surface area contributed by atoms with E-state index in [1.807, 2.05) is 6.08 Å². The minimum atomic E-state index is -1.40. The molecule has 4 rings (SSSR count). The number of hydrogen-bond donors (Lipinski definition) is 3. The van der Waals surface area contributed by atoms with Gasteiger partial charge in [-0.1, -0.05) is 19.4 Å². The molecule has 8 heteroatoms. The van der Waals surface area contributed by atoms with E-state index < -0.39 is 30.0 Å². The van der Waals surface area contributed by atoms with Crippen LogP contribution in [-0.4, -0.2) is 52.1 Å². The van der Waals surface area contributed by atoms with Gasteiger partial charge >= 0.3 is 11.9 Å². The predicted molar refractivity (Wildman–Crippen MR) is 127 cm³/mol. The number of carboxylic acid groups (broad SMARTS) is 1. The van der Waals surface area contributed by atoms with Crippen molar-refractivity contribution < 1.29 is 34.1 Å². The molecule has 0 spiro atoms. The number of allylic oxidation sites excluding steroid dienone is 1. The summed E-state index contributed by atoms with van der Waals surface area (Å²) in [5.41, 5.74) is 1.38. The van der Waals surface area contributed by atoms with Gasteiger partial charge in [0.2, 0.25) is 5.91 Å². The molecule has 8 atom stereocenters. The molecular weight excluding hydrogens is 450 g/mol. The lowest BCUT2D eigenvalue weighted by Gasteiger charge is -2.57. The molecule has 0 aromatic heterocycles. The molecule has 0 bridgehead atoms. The van der Waals surface area contributed by atoms with Gasteiger partial charge in [0.1, 0.15) is 6.10 Å². The normalized spacial score (nSPS) is 37.7. The van der Waals surface area contributed by atoms with Crippen LogP contribution in [0, 0.1) is 28.6 Å². The Bertz CT molecular complexity index is 926. The summed E-state index contributed by atoms with van der Waals surface area (Å²) < 4.78 is 5.92. The summed E-state index contributed by atoms with van der Waals surface area (Å²) in [6.07, 6.45) is 7.78. The summed E-state index contributed by atoms with van der Waals surface area (Å²) in [6.45, 7) is 5.90. The zero-order chi connectivity index (χ0) is 25.5. The van der Waals surface area contributed by atoms with Gasteiger partial charge in [-0.2, -0.15) is 0 Å². The fourth-order valence-electron chi connectivity index (χ4n) is 7.77. The average molecular weight is 490 g/mol. The summed E-state index contributed by atoms with van der Waals surface area (Å²) >= 11 is 0. The number of ether oxygens (including phenoxy) is 1. The van der Waals surface area contributed by atoms with Gasteiger partial charge in [0, 0.05) is 18.3 Å². The van der Waals surface area contributed by atoms with Crippen molar-refractivity contribution in [3.63, 3.8) is 0 Å². The zero-order valence-corrected chi connectivity index (χ0v) is 21.0. The fourth-order valence-corrected chi connectivity index (χ4v) is 7.77. The highest BCUT2D eigenvalue weighted by Crippen LogP contribution is 2.65. The highest BCUT2D eigenvalue weighted by Gasteiger charge is 2.59. The summed E-state index contributed by atoms with van der Waals surface area (Å²) in [4.78, 5) is 47.9. The Labute approximate surface area is 206 Å². The van der Waals surface area contributed by atoms with E-state index in [1.54, 1.807) is 0 Å². The van der Waals surface area contributed by atoms with Crippen molar-refractivity contribution in [3.05, 3.63) is 11.6 Å². The van der Waals surface area contributed by atoms with Crippen LogP contribution in [0.15, 0.2) is 11.6 Å². The first kappa shape index (κ1) is 25.9. The maximum Gasteiger partial charge on any atom is 0.328 e. The van der Waals surface area contributed by atoms with Crippen LogP contribution in [-0.2, 0) is 23.9 Å². The number of hydrogen-bond acceptors (Lipinski definition) is 6. The molecule has 0 aliphatic heterocycles. The number of ketones is 1. The Morgan fingerprint density at radius 2 is 1.83 bits per heavy atom. The van der Waals surface area contributed by atoms with Crippen LogP contribution >= 0.6 is 0 Å². The van der Waals surface area contributed by atoms with Crippen LogP contribution in [0.2, 0.25) is 0 Å². The fraction of sp³-hybridized carbons (Fsp3) is 0.778. The monoisotopic (exact) mass is 489 g/mol. The van der Waals surface area contributed by atoms with Crippen LogP contribution in [0.3, 0.4) is 0 Å². The maximum atomic E-state index is 12.6. The summed E-state index contributed by atoms with van der Waals surface area (Å²) in [6, 6.07) is -1.40. The van der Waals surface area contributed by atoms with E-state index in [4.69, 9.17) is 9.84 Å². The summed E-state index contributed by atoms with van der Waals surface area (Å²) in [5, 5.41) is 20.8. The minimum absolute atomic E-state index is 0.0815. The number of rotatable bonds is 7. The van der Waals surface area contributed by atoms with Crippen molar-refractivity contribution in [1.29, 1.82) is 0 Å². The second-order valence-electron chi connectivity index (χ2n) is 11.7. The van der Waals surface area contributed by atoms with Gasteiger partial charge in [-0.15, -0.1) is 0 Å². The lowest BCUT2D eigenvalue weighted by molar-refractivity contribution is -0.160. The van der Waals surface area contributed by atoms with Crippen LogP contribution in [0.4, 0.5) is 0 Å². The molecule has 3 saturated carbocycles. The van der Waals surface area contributed by atoms with E-state index in [9.17, 15) is 24.3 Å². The van der Waals surface area contributed by atoms with Crippen LogP contribution in [0.25, 0.3) is 0 Å². The number of carbonyl (C=O) groups excluding carboxylic acids is 3. The molecule has 3 N–H and O–H groups in total. The second-order valence-corrected chi connectivity index (χ2v) is 11.7. The molecule has 0 aromatic rings. The lowest BCUT2D eigenvalue weighted by Crippen LogP contribution is -2.51. The molecular formula is C27H39NO7. The average Bonchev–Trinajstić information content (AvgIpc) is 3.12. The largest absolute Gasteiger partial charge is 0.480 e. The van der Waals surface area contributed by atoms with Crippen molar-refractivity contribution >= 4 is 23.6 Å². The van der Waals surface area contributed by atoms with E-state index in [-0.39, 0.29) is 35.6 Å². The minimum Gasteiger partial charge on any atom is -0.480 e. The van der Waals surface area contributed by atoms with E-state index in [1.165, 1.54) is 12.5 Å². The quantitative estimate of drug-likeness (QED) is 0.468. The molecule has 8 nitrogen and oxygen atoms in total. The predicted octanol–water partition coefficient (Wildman–Crippen LogP) is 3.16. The number of aliphatic hydroxyl groups excluding tert-OH is 1. The smallest absolute Gasteiger partial charge is 0.328 e. The first-order valence-corrected chi connectivity index (χ1v) is 13.1. The standard InChI is InChI=1S/C27H39NO7/c1-15(29)24(25(33)34)28-22(31)8-9-23(32)35-21-7-6-19-18-5-4-16-14-17(30)10-12-26(16,2)20(18)11-13-27(19,21)3/h14-15,18-21,24,29H,4-13H2,1-3H3,(H,28,31)(H,33,34)/t15-,18-,19-,20-,21+,24-,26-,27-/m0/s1. The Hall–Kier alpha value is -2.22. The van der Waals surface area contributed by atoms with Gasteiger partial charge in [-0.05, 0) is 81.1 Å². The lowest BCUT2D eigenvalue weighted by atomic mass is 9.47. The molecule has 0 unspecified atom stereocenters. The van der Waals surface area contributed by atoms with Crippen molar-refractivity contribution in [2.75, 3.05) is 0 Å². The summed E-state index contributed by atoms with van der Waals surface area (Å²) in [5.74, 6) is -0.463. The zero-order valence-electron chi connectivity index (χ0n) is 21.0. The number of esters is 1. The molecule has 194 valence electrons. The second kappa shape index (κ2) is 9.68. The molecule has 35 heavy (non-hydrogen) atoms. The molecule has 1 amide bonds. The van der Waals surface area contributed by atoms with Crippen molar-refractivity contribution in [2.24, 2.45) is 28.6 Å². The van der Waals surface area contributed by atoms with E-state index >= 15 is 0 Å². The number of carbonyl (C=O) groups is 4. The van der Waals surface area contributed by atoms with Gasteiger partial charge in [-0.3, -0.25) is 14.4 Å². The summed E-state index contributed by atoms with van der Waals surface area (Å²) in [7, 11) is 0. The van der Waals surface area contributed by atoms with E-state index in [0.717, 1.165) is 44.9 Å². The maximum absolute atomic E-state index is 12.6. The van der Waals surface area contributed by atoms with Gasteiger partial charge in [0.25, 0.3) is 0 Å². The van der Waals surface area contributed by atoms with Crippen molar-refractivity contribution in [1.82, 2.24) is 5.32 Å². The third-order valence-electron chi connectivity index (χ3n) is 9.77. The first-order valence-electron chi connectivity index (χ1n) is 13.1. The van der Waals surface area contributed by atoms with Gasteiger partial charge in [-0.25, -0.2) is 4.79 Å². The van der Waals surface area contributed by atoms with E-state index in [2.05, 4.69) is 19.2 Å². The SMILES string of the molecule is C[C@H](O)[C@H](NC(=O)CCC(=O)O[C@@H]1CC[C@H]2[C@@H]3CCC4=CC(=O)CC[C@]4(C)[C@H]3CC[C@]12C)C(=O)O. The highest BCUT2D eigenvalue weighted by atomic mass is 16.5. The highest BCUT2D eigenvalue weighted by molar-refractivity contribution is 5.91. The number of aliphatic carboxylic acids is 1. The topological polar surface area (TPSA) is 130 Å². The number of aliphatic hydroxyl groups is 1. The number of carboxylic acids is 1. The molecule has 0 saturated heterocycles. The Kier molecular flexibility index (Phi) is 7.15. The van der Waals surface area contributed by atoms with Crippen LogP contribution in [0.1, 0.15) is 85.0 Å². The van der Waals surface area contributed by atoms with Gasteiger partial charge < -0.3 is 20.3 Å². The van der Waals surface area contributed by atoms with E-state index in [0.29, 0.717) is 24.2 Å². The van der Waals surface area contributed by atoms with Gasteiger partial charge in [0.15, 0.2) is 11.8 Å². The van der Waals surface area contributed by atoms with Gasteiger partial charge in [0.05, 0.1) is 12.5 Å². The van der Waals surface area contributed by atoms with Crippen molar-refractivity contribution in [2.45, 2.75) is 103 Å². The third kappa shape index (κ3) is 4.78. The molecule has 4 aliphatic rings. The molecule has 3 fully saturated rings. The number of amides is 1. The first-order chi connectivity index (χ1) is 16.5. The molecule has 0 heterocycles. The Morgan fingerprint density at radius 3 is 2.51 bits per heavy atom. The van der Waals surface area contributed by atoms with Crippen LogP contribution in [0.5, 0.6) is 0 Å². The Balaban J connectivity index is 1.35.